The Kier molecular flexibility index (Phi) is 2.27. The van der Waals surface area contributed by atoms with Gasteiger partial charge in [0.15, 0.2) is 0 Å². The van der Waals surface area contributed by atoms with Gasteiger partial charge in [-0.3, -0.25) is 9.59 Å². The molecule has 1 saturated heterocycles. The molecule has 11 heavy (non-hydrogen) atoms. The molecular weight excluding hydrogens is 142 g/mol. The third kappa shape index (κ3) is 1.79. The predicted octanol–water partition coefficient (Wildman–Crippen LogP) is 0.348. The van der Waals surface area contributed by atoms with E-state index in [9.17, 15) is 9.59 Å². The molecule has 1 N–H and O–H groups in total. The lowest BCUT2D eigenvalue weighted by Gasteiger charge is -2.07. The highest BCUT2D eigenvalue weighted by Gasteiger charge is 2.28. The SMILES string of the molecule is CC(C)C(=O)C1CNC(=O)C1. The van der Waals surface area contributed by atoms with Gasteiger partial charge in [0.25, 0.3) is 0 Å². The van der Waals surface area contributed by atoms with Crippen molar-refractivity contribution in [2.45, 2.75) is 20.3 Å². The van der Waals surface area contributed by atoms with E-state index in [0.29, 0.717) is 13.0 Å². The van der Waals surface area contributed by atoms with Gasteiger partial charge >= 0.3 is 0 Å². The van der Waals surface area contributed by atoms with Crippen molar-refractivity contribution in [3.05, 3.63) is 0 Å². The lowest BCUT2D eigenvalue weighted by Crippen LogP contribution is -2.22. The molecule has 1 heterocycles. The van der Waals surface area contributed by atoms with Crippen LogP contribution in [0.3, 0.4) is 0 Å². The first kappa shape index (κ1) is 8.24. The van der Waals surface area contributed by atoms with Crippen molar-refractivity contribution in [3.63, 3.8) is 0 Å². The van der Waals surface area contributed by atoms with E-state index in [1.807, 2.05) is 13.8 Å². The number of amides is 1. The van der Waals surface area contributed by atoms with E-state index >= 15 is 0 Å². The van der Waals surface area contributed by atoms with E-state index in [0.717, 1.165) is 0 Å². The van der Waals surface area contributed by atoms with Gasteiger partial charge in [-0.05, 0) is 0 Å². The van der Waals surface area contributed by atoms with E-state index in [-0.39, 0.29) is 23.5 Å². The molecule has 1 fully saturated rings. The van der Waals surface area contributed by atoms with Gasteiger partial charge in [0.1, 0.15) is 5.78 Å². The van der Waals surface area contributed by atoms with Crippen LogP contribution in [0.4, 0.5) is 0 Å². The number of Topliss-reactive ketones (excluding diaryl/α,β-unsaturated/α-hetero) is 1. The first-order chi connectivity index (χ1) is 5.11. The fourth-order valence-electron chi connectivity index (χ4n) is 1.28. The van der Waals surface area contributed by atoms with E-state index in [1.54, 1.807) is 0 Å². The van der Waals surface area contributed by atoms with Crippen LogP contribution in [-0.4, -0.2) is 18.2 Å². The van der Waals surface area contributed by atoms with Gasteiger partial charge in [-0.2, -0.15) is 0 Å². The smallest absolute Gasteiger partial charge is 0.220 e. The quantitative estimate of drug-likeness (QED) is 0.625. The highest BCUT2D eigenvalue weighted by molar-refractivity contribution is 5.91. The van der Waals surface area contributed by atoms with Crippen LogP contribution in [0.5, 0.6) is 0 Å². The van der Waals surface area contributed by atoms with Crippen LogP contribution >= 0.6 is 0 Å². The molecule has 3 heteroatoms. The fraction of sp³-hybridized carbons (Fsp3) is 0.750. The van der Waals surface area contributed by atoms with Crippen LogP contribution < -0.4 is 5.32 Å². The Morgan fingerprint density at radius 3 is 2.64 bits per heavy atom. The number of ketones is 1. The Labute approximate surface area is 66.2 Å². The molecule has 0 spiro atoms. The highest BCUT2D eigenvalue weighted by atomic mass is 16.2. The number of nitrogens with one attached hydrogen (secondary N) is 1. The topological polar surface area (TPSA) is 46.2 Å². The summed E-state index contributed by atoms with van der Waals surface area (Å²) in [5.74, 6) is 0.183. The van der Waals surface area contributed by atoms with Crippen molar-refractivity contribution < 1.29 is 9.59 Å². The van der Waals surface area contributed by atoms with Crippen LogP contribution in [0.15, 0.2) is 0 Å². The second-order valence-electron chi connectivity index (χ2n) is 3.26. The Bertz CT molecular complexity index is 187. The van der Waals surface area contributed by atoms with Crippen LogP contribution in [-0.2, 0) is 9.59 Å². The normalized spacial score (nSPS) is 23.9. The molecule has 1 atom stereocenters. The predicted molar refractivity (Wildman–Crippen MR) is 41.0 cm³/mol. The summed E-state index contributed by atoms with van der Waals surface area (Å²) in [4.78, 5) is 22.0. The molecule has 3 nitrogen and oxygen atoms in total. The van der Waals surface area contributed by atoms with Crippen LogP contribution in [0.25, 0.3) is 0 Å². The molecule has 1 unspecified atom stereocenters. The molecule has 0 aromatic rings. The van der Waals surface area contributed by atoms with Crippen LogP contribution in [0.1, 0.15) is 20.3 Å². The minimum atomic E-state index is -0.0671. The maximum Gasteiger partial charge on any atom is 0.220 e. The van der Waals surface area contributed by atoms with Gasteiger partial charge in [-0.25, -0.2) is 0 Å². The summed E-state index contributed by atoms with van der Waals surface area (Å²) in [6, 6.07) is 0. The molecular formula is C8H13NO2. The third-order valence-electron chi connectivity index (χ3n) is 1.95. The Morgan fingerprint density at radius 2 is 2.27 bits per heavy atom. The van der Waals surface area contributed by atoms with Crippen molar-refractivity contribution in [1.29, 1.82) is 0 Å². The first-order valence-electron chi connectivity index (χ1n) is 3.91. The number of rotatable bonds is 2. The van der Waals surface area contributed by atoms with Gasteiger partial charge in [-0.15, -0.1) is 0 Å². The summed E-state index contributed by atoms with van der Waals surface area (Å²) >= 11 is 0. The zero-order chi connectivity index (χ0) is 8.43. The second-order valence-corrected chi connectivity index (χ2v) is 3.26. The average Bonchev–Trinajstić information content (AvgIpc) is 2.34. The molecule has 0 aliphatic carbocycles. The van der Waals surface area contributed by atoms with Gasteiger partial charge < -0.3 is 5.32 Å². The highest BCUT2D eigenvalue weighted by Crippen LogP contribution is 2.14. The van der Waals surface area contributed by atoms with Crippen molar-refractivity contribution in [3.8, 4) is 0 Å². The minimum absolute atomic E-state index is 0.00370. The number of carbonyl (C=O) groups excluding carboxylic acids is 2. The van der Waals surface area contributed by atoms with Gasteiger partial charge in [0.05, 0.1) is 0 Å². The van der Waals surface area contributed by atoms with E-state index in [2.05, 4.69) is 5.32 Å². The summed E-state index contributed by atoms with van der Waals surface area (Å²) in [5, 5.41) is 2.65. The maximum absolute atomic E-state index is 11.3. The zero-order valence-electron chi connectivity index (χ0n) is 6.89. The molecule has 0 saturated carbocycles. The standard InChI is InChI=1S/C8H13NO2/c1-5(2)8(11)6-3-7(10)9-4-6/h5-6H,3-4H2,1-2H3,(H,9,10). The van der Waals surface area contributed by atoms with E-state index in [1.165, 1.54) is 0 Å². The van der Waals surface area contributed by atoms with E-state index in [4.69, 9.17) is 0 Å². The van der Waals surface area contributed by atoms with Crippen LogP contribution in [0, 0.1) is 11.8 Å². The molecule has 1 amide bonds. The Balaban J connectivity index is 2.50. The van der Waals surface area contributed by atoms with Gasteiger partial charge in [-0.1, -0.05) is 13.8 Å². The summed E-state index contributed by atoms with van der Waals surface area (Å²) in [5.41, 5.74) is 0. The van der Waals surface area contributed by atoms with Gasteiger partial charge in [0, 0.05) is 24.8 Å². The molecule has 62 valence electrons. The molecule has 1 aliphatic heterocycles. The van der Waals surface area contributed by atoms with E-state index < -0.39 is 0 Å². The maximum atomic E-state index is 11.3. The lowest BCUT2D eigenvalue weighted by atomic mass is 9.95. The summed E-state index contributed by atoms with van der Waals surface area (Å²) in [6.07, 6.45) is 0.386. The van der Waals surface area contributed by atoms with Crippen molar-refractivity contribution in [2.75, 3.05) is 6.54 Å². The average molecular weight is 155 g/mol. The Hall–Kier alpha value is -0.860. The molecule has 1 rings (SSSR count). The van der Waals surface area contributed by atoms with Crippen LogP contribution in [0.2, 0.25) is 0 Å². The number of hydrogen-bond donors (Lipinski definition) is 1. The number of carbonyl (C=O) groups is 2. The van der Waals surface area contributed by atoms with Crippen molar-refractivity contribution in [2.24, 2.45) is 11.8 Å². The number of hydrogen-bond acceptors (Lipinski definition) is 2. The fourth-order valence-corrected chi connectivity index (χ4v) is 1.28. The Morgan fingerprint density at radius 1 is 1.64 bits per heavy atom. The molecule has 0 aromatic carbocycles. The molecule has 0 bridgehead atoms. The summed E-state index contributed by atoms with van der Waals surface area (Å²) < 4.78 is 0. The lowest BCUT2D eigenvalue weighted by molar-refractivity contribution is -0.127. The zero-order valence-corrected chi connectivity index (χ0v) is 6.89. The summed E-state index contributed by atoms with van der Waals surface area (Å²) in [6.45, 7) is 4.27. The minimum Gasteiger partial charge on any atom is -0.355 e. The monoisotopic (exact) mass is 155 g/mol. The molecule has 0 radical (unpaired) electrons. The molecule has 0 aromatic heterocycles. The van der Waals surface area contributed by atoms with Gasteiger partial charge in [0.2, 0.25) is 5.91 Å². The first-order valence-corrected chi connectivity index (χ1v) is 3.91. The third-order valence-corrected chi connectivity index (χ3v) is 1.95. The summed E-state index contributed by atoms with van der Waals surface area (Å²) in [7, 11) is 0. The van der Waals surface area contributed by atoms with Crippen molar-refractivity contribution >= 4 is 11.7 Å². The van der Waals surface area contributed by atoms with Crippen molar-refractivity contribution in [1.82, 2.24) is 5.32 Å². The second kappa shape index (κ2) is 3.03. The molecule has 1 aliphatic rings. The largest absolute Gasteiger partial charge is 0.355 e.